The molecule has 5 heteroatoms. The summed E-state index contributed by atoms with van der Waals surface area (Å²) in [6, 6.07) is 18.5. The first-order valence-electron chi connectivity index (χ1n) is 9.62. The van der Waals surface area contributed by atoms with Gasteiger partial charge in [0, 0.05) is 52.0 Å². The van der Waals surface area contributed by atoms with E-state index in [1.54, 1.807) is 0 Å². The number of amides is 1. The number of likely N-dealkylation sites (N-methyl/N-ethyl adjacent to an activating group) is 2. The minimum atomic E-state index is 0.0304. The van der Waals surface area contributed by atoms with Crippen molar-refractivity contribution in [3.8, 4) is 0 Å². The Morgan fingerprint density at radius 2 is 1.59 bits per heavy atom. The fourth-order valence-corrected chi connectivity index (χ4v) is 3.27. The van der Waals surface area contributed by atoms with Crippen molar-refractivity contribution in [2.45, 2.75) is 13.1 Å². The zero-order valence-corrected chi connectivity index (χ0v) is 16.4. The summed E-state index contributed by atoms with van der Waals surface area (Å²) in [6.45, 7) is 6.46. The number of hydrogen-bond donors (Lipinski definition) is 1. The number of nitrogens with zero attached hydrogens (tertiary/aromatic N) is 3. The molecule has 2 aromatic carbocycles. The molecule has 1 amide bonds. The van der Waals surface area contributed by atoms with Crippen molar-refractivity contribution in [1.82, 2.24) is 15.1 Å². The average molecular weight is 367 g/mol. The molecule has 0 spiro atoms. The van der Waals surface area contributed by atoms with Gasteiger partial charge in [-0.3, -0.25) is 9.69 Å². The summed E-state index contributed by atoms with van der Waals surface area (Å²) >= 11 is 0. The van der Waals surface area contributed by atoms with Gasteiger partial charge in [0.05, 0.1) is 6.54 Å². The van der Waals surface area contributed by atoms with Crippen LogP contribution in [-0.2, 0) is 17.9 Å². The van der Waals surface area contributed by atoms with Crippen molar-refractivity contribution >= 4 is 11.6 Å². The summed E-state index contributed by atoms with van der Waals surface area (Å²) < 4.78 is 0. The van der Waals surface area contributed by atoms with E-state index in [0.29, 0.717) is 13.1 Å². The Labute approximate surface area is 162 Å². The molecule has 1 N–H and O–H groups in total. The zero-order valence-electron chi connectivity index (χ0n) is 16.4. The lowest BCUT2D eigenvalue weighted by atomic mass is 10.1. The Kier molecular flexibility index (Phi) is 6.85. The van der Waals surface area contributed by atoms with Gasteiger partial charge >= 0.3 is 0 Å². The second-order valence-corrected chi connectivity index (χ2v) is 7.36. The van der Waals surface area contributed by atoms with Crippen molar-refractivity contribution in [3.63, 3.8) is 0 Å². The van der Waals surface area contributed by atoms with Gasteiger partial charge in [-0.2, -0.15) is 0 Å². The lowest BCUT2D eigenvalue weighted by Crippen LogP contribution is -2.43. The van der Waals surface area contributed by atoms with Crippen LogP contribution in [0, 0.1) is 0 Å². The lowest BCUT2D eigenvalue weighted by Gasteiger charge is -2.32. The normalized spacial score (nSPS) is 15.5. The van der Waals surface area contributed by atoms with E-state index in [2.05, 4.69) is 46.4 Å². The van der Waals surface area contributed by atoms with Crippen LogP contribution in [0.15, 0.2) is 54.6 Å². The van der Waals surface area contributed by atoms with Gasteiger partial charge < -0.3 is 15.1 Å². The molecule has 0 bridgehead atoms. The summed E-state index contributed by atoms with van der Waals surface area (Å²) in [7, 11) is 4.11. The molecule has 1 aliphatic rings. The first-order chi connectivity index (χ1) is 13.1. The smallest absolute Gasteiger partial charge is 0.239 e. The molecule has 0 aliphatic carbocycles. The summed E-state index contributed by atoms with van der Waals surface area (Å²) in [5.41, 5.74) is 3.51. The highest BCUT2D eigenvalue weighted by Crippen LogP contribution is 2.11. The minimum Gasteiger partial charge on any atom is -0.365 e. The zero-order chi connectivity index (χ0) is 19.1. The predicted octanol–water partition coefficient (Wildman–Crippen LogP) is 2.19. The van der Waals surface area contributed by atoms with Gasteiger partial charge in [-0.15, -0.1) is 0 Å². The predicted molar refractivity (Wildman–Crippen MR) is 111 cm³/mol. The summed E-state index contributed by atoms with van der Waals surface area (Å²) in [4.78, 5) is 19.0. The molecule has 0 unspecified atom stereocenters. The maximum absolute atomic E-state index is 12.2. The topological polar surface area (TPSA) is 38.8 Å². The highest BCUT2D eigenvalue weighted by molar-refractivity contribution is 5.81. The highest BCUT2D eigenvalue weighted by atomic mass is 16.2. The van der Waals surface area contributed by atoms with Crippen molar-refractivity contribution < 1.29 is 4.79 Å². The molecular weight excluding hydrogens is 336 g/mol. The third-order valence-corrected chi connectivity index (χ3v) is 5.09. The Morgan fingerprint density at radius 1 is 0.963 bits per heavy atom. The SMILES string of the molecule is CN1CCN(Cc2ccc(CNC(=O)CN(C)c3ccccc3)cc2)CC1. The second kappa shape index (κ2) is 9.53. The number of anilines is 1. The van der Waals surface area contributed by atoms with Crippen LogP contribution >= 0.6 is 0 Å². The van der Waals surface area contributed by atoms with Crippen LogP contribution in [0.4, 0.5) is 5.69 Å². The number of nitrogens with one attached hydrogen (secondary N) is 1. The summed E-state index contributed by atoms with van der Waals surface area (Å²) in [5, 5.41) is 3.01. The molecule has 1 aliphatic heterocycles. The molecule has 1 fully saturated rings. The summed E-state index contributed by atoms with van der Waals surface area (Å²) in [6.07, 6.45) is 0. The Morgan fingerprint density at radius 3 is 2.26 bits per heavy atom. The highest BCUT2D eigenvalue weighted by Gasteiger charge is 2.13. The number of benzene rings is 2. The van der Waals surface area contributed by atoms with Crippen molar-refractivity contribution in [3.05, 3.63) is 65.7 Å². The molecule has 3 rings (SSSR count). The molecule has 2 aromatic rings. The van der Waals surface area contributed by atoms with Crippen LogP contribution < -0.4 is 10.2 Å². The van der Waals surface area contributed by atoms with Crippen LogP contribution in [0.25, 0.3) is 0 Å². The quantitative estimate of drug-likeness (QED) is 0.815. The van der Waals surface area contributed by atoms with Gasteiger partial charge in [0.1, 0.15) is 0 Å². The van der Waals surface area contributed by atoms with Crippen LogP contribution in [0.1, 0.15) is 11.1 Å². The minimum absolute atomic E-state index is 0.0304. The standard InChI is InChI=1S/C22H30N4O/c1-24-12-14-26(15-13-24)17-20-10-8-19(9-11-20)16-23-22(27)18-25(2)21-6-4-3-5-7-21/h3-11H,12-18H2,1-2H3,(H,23,27). The third kappa shape index (κ3) is 6.08. The van der Waals surface area contributed by atoms with E-state index in [0.717, 1.165) is 44.0 Å². The van der Waals surface area contributed by atoms with Crippen LogP contribution in [0.2, 0.25) is 0 Å². The molecule has 0 atom stereocenters. The van der Waals surface area contributed by atoms with Gasteiger partial charge in [-0.25, -0.2) is 0 Å². The Bertz CT molecular complexity index is 709. The van der Waals surface area contributed by atoms with E-state index >= 15 is 0 Å². The molecule has 0 radical (unpaired) electrons. The molecular formula is C22H30N4O. The number of carbonyl (C=O) groups is 1. The first-order valence-corrected chi connectivity index (χ1v) is 9.62. The molecule has 1 saturated heterocycles. The van der Waals surface area contributed by atoms with Gasteiger partial charge in [0.2, 0.25) is 5.91 Å². The molecule has 1 heterocycles. The number of hydrogen-bond acceptors (Lipinski definition) is 4. The van der Waals surface area contributed by atoms with Gasteiger partial charge in [0.25, 0.3) is 0 Å². The van der Waals surface area contributed by atoms with E-state index in [4.69, 9.17) is 0 Å². The van der Waals surface area contributed by atoms with Gasteiger partial charge in [0.15, 0.2) is 0 Å². The molecule has 0 saturated carbocycles. The van der Waals surface area contributed by atoms with E-state index in [9.17, 15) is 4.79 Å². The second-order valence-electron chi connectivity index (χ2n) is 7.36. The van der Waals surface area contributed by atoms with Crippen molar-refractivity contribution in [1.29, 1.82) is 0 Å². The monoisotopic (exact) mass is 366 g/mol. The lowest BCUT2D eigenvalue weighted by molar-refractivity contribution is -0.119. The maximum Gasteiger partial charge on any atom is 0.239 e. The van der Waals surface area contributed by atoms with Gasteiger partial charge in [-0.05, 0) is 30.3 Å². The van der Waals surface area contributed by atoms with E-state index in [1.165, 1.54) is 5.56 Å². The number of rotatable bonds is 7. The average Bonchev–Trinajstić information content (AvgIpc) is 2.70. The van der Waals surface area contributed by atoms with Crippen LogP contribution in [-0.4, -0.2) is 62.5 Å². The molecule has 5 nitrogen and oxygen atoms in total. The van der Waals surface area contributed by atoms with Gasteiger partial charge in [-0.1, -0.05) is 42.5 Å². The first kappa shape index (κ1) is 19.4. The Balaban J connectivity index is 1.42. The number of piperazine rings is 1. The van der Waals surface area contributed by atoms with E-state index < -0.39 is 0 Å². The summed E-state index contributed by atoms with van der Waals surface area (Å²) in [5.74, 6) is 0.0304. The fourth-order valence-electron chi connectivity index (χ4n) is 3.27. The third-order valence-electron chi connectivity index (χ3n) is 5.09. The number of para-hydroxylation sites is 1. The Hall–Kier alpha value is -2.37. The van der Waals surface area contributed by atoms with Crippen LogP contribution in [0.3, 0.4) is 0 Å². The molecule has 144 valence electrons. The number of carbonyl (C=O) groups excluding carboxylic acids is 1. The molecule has 0 aromatic heterocycles. The van der Waals surface area contributed by atoms with E-state index in [-0.39, 0.29) is 5.91 Å². The van der Waals surface area contributed by atoms with Crippen molar-refractivity contribution in [2.75, 3.05) is 51.7 Å². The van der Waals surface area contributed by atoms with E-state index in [1.807, 2.05) is 42.3 Å². The fraction of sp³-hybridized carbons (Fsp3) is 0.409. The maximum atomic E-state index is 12.2. The van der Waals surface area contributed by atoms with Crippen LogP contribution in [0.5, 0.6) is 0 Å². The molecule has 27 heavy (non-hydrogen) atoms. The largest absolute Gasteiger partial charge is 0.365 e. The van der Waals surface area contributed by atoms with Crippen molar-refractivity contribution in [2.24, 2.45) is 0 Å².